The van der Waals surface area contributed by atoms with Gasteiger partial charge in [-0.1, -0.05) is 6.07 Å². The van der Waals surface area contributed by atoms with Crippen LogP contribution in [-0.2, 0) is 4.79 Å². The Morgan fingerprint density at radius 1 is 1.38 bits per heavy atom. The summed E-state index contributed by atoms with van der Waals surface area (Å²) in [6.45, 7) is 3.33. The molecule has 0 aliphatic carbocycles. The van der Waals surface area contributed by atoms with E-state index in [0.717, 1.165) is 10.1 Å². The second-order valence-electron chi connectivity index (χ2n) is 4.07. The molecule has 0 aliphatic heterocycles. The normalized spacial score (nSPS) is 11.6. The maximum absolute atomic E-state index is 11.2. The summed E-state index contributed by atoms with van der Waals surface area (Å²) in [5.74, 6) is 0.224. The van der Waals surface area contributed by atoms with E-state index < -0.39 is 11.5 Å². The van der Waals surface area contributed by atoms with Gasteiger partial charge < -0.3 is 10.5 Å². The Labute approximate surface area is 97.8 Å². The molecule has 0 saturated carbocycles. The molecular weight excluding hydrogens is 222 g/mol. The highest BCUT2D eigenvalue weighted by atomic mass is 32.1. The summed E-state index contributed by atoms with van der Waals surface area (Å²) < 4.78 is 6.80. The first-order chi connectivity index (χ1) is 7.50. The van der Waals surface area contributed by atoms with Crippen LogP contribution < -0.4 is 10.5 Å². The van der Waals surface area contributed by atoms with Crippen molar-refractivity contribution in [2.75, 3.05) is 0 Å². The van der Waals surface area contributed by atoms with Crippen LogP contribution in [0.2, 0.25) is 0 Å². The summed E-state index contributed by atoms with van der Waals surface area (Å²) in [6, 6.07) is 7.75. The van der Waals surface area contributed by atoms with E-state index in [2.05, 4.69) is 0 Å². The van der Waals surface area contributed by atoms with Gasteiger partial charge in [-0.2, -0.15) is 0 Å². The van der Waals surface area contributed by atoms with Gasteiger partial charge in [0.1, 0.15) is 5.75 Å². The van der Waals surface area contributed by atoms with Gasteiger partial charge >= 0.3 is 0 Å². The van der Waals surface area contributed by atoms with Crippen molar-refractivity contribution in [2.24, 2.45) is 5.73 Å². The number of fused-ring (bicyclic) bond motifs is 1. The first kappa shape index (κ1) is 11.0. The number of hydrogen-bond donors (Lipinski definition) is 1. The molecule has 0 unspecified atom stereocenters. The van der Waals surface area contributed by atoms with Crippen LogP contribution in [-0.4, -0.2) is 11.5 Å². The second-order valence-corrected chi connectivity index (χ2v) is 5.01. The number of rotatable bonds is 3. The van der Waals surface area contributed by atoms with Crippen molar-refractivity contribution in [3.05, 3.63) is 29.6 Å². The molecule has 0 spiro atoms. The van der Waals surface area contributed by atoms with Crippen LogP contribution in [0.1, 0.15) is 13.8 Å². The summed E-state index contributed by atoms with van der Waals surface area (Å²) in [6.07, 6.45) is 0. The van der Waals surface area contributed by atoms with E-state index in [4.69, 9.17) is 10.5 Å². The molecule has 3 nitrogen and oxygen atoms in total. The maximum atomic E-state index is 11.2. The van der Waals surface area contributed by atoms with E-state index in [-0.39, 0.29) is 0 Å². The average molecular weight is 235 g/mol. The van der Waals surface area contributed by atoms with E-state index in [1.54, 1.807) is 25.2 Å². The third-order valence-electron chi connectivity index (χ3n) is 2.41. The van der Waals surface area contributed by atoms with Crippen LogP contribution in [0, 0.1) is 0 Å². The Kier molecular flexibility index (Phi) is 2.59. The Bertz CT molecular complexity index is 531. The third kappa shape index (κ3) is 1.88. The van der Waals surface area contributed by atoms with E-state index in [1.165, 1.54) is 0 Å². The van der Waals surface area contributed by atoms with Crippen molar-refractivity contribution in [3.8, 4) is 5.75 Å². The van der Waals surface area contributed by atoms with E-state index in [0.29, 0.717) is 5.75 Å². The summed E-state index contributed by atoms with van der Waals surface area (Å²) in [5.41, 5.74) is 4.29. The first-order valence-electron chi connectivity index (χ1n) is 4.96. The number of carbonyl (C=O) groups excluding carboxylic acids is 1. The zero-order valence-corrected chi connectivity index (χ0v) is 10.0. The molecule has 2 rings (SSSR count). The molecule has 0 radical (unpaired) electrons. The summed E-state index contributed by atoms with van der Waals surface area (Å²) >= 11 is 1.64. The molecule has 16 heavy (non-hydrogen) atoms. The lowest BCUT2D eigenvalue weighted by atomic mass is 10.1. The fraction of sp³-hybridized carbons (Fsp3) is 0.250. The zero-order chi connectivity index (χ0) is 11.8. The molecule has 4 heteroatoms. The van der Waals surface area contributed by atoms with Crippen molar-refractivity contribution in [1.29, 1.82) is 0 Å². The largest absolute Gasteiger partial charge is 0.477 e. The summed E-state index contributed by atoms with van der Waals surface area (Å²) in [7, 11) is 0. The zero-order valence-electron chi connectivity index (χ0n) is 9.19. The highest BCUT2D eigenvalue weighted by Gasteiger charge is 2.27. The lowest BCUT2D eigenvalue weighted by Crippen LogP contribution is -2.43. The fourth-order valence-electron chi connectivity index (χ4n) is 1.38. The maximum Gasteiger partial charge on any atom is 0.261 e. The Morgan fingerprint density at radius 3 is 2.81 bits per heavy atom. The predicted molar refractivity (Wildman–Crippen MR) is 65.7 cm³/mol. The van der Waals surface area contributed by atoms with Gasteiger partial charge in [0.2, 0.25) is 0 Å². The highest BCUT2D eigenvalue weighted by molar-refractivity contribution is 7.17. The molecule has 1 amide bonds. The highest BCUT2D eigenvalue weighted by Crippen LogP contribution is 2.31. The van der Waals surface area contributed by atoms with Gasteiger partial charge in [0.15, 0.2) is 5.60 Å². The molecule has 84 valence electrons. The van der Waals surface area contributed by atoms with Crippen LogP contribution in [0.4, 0.5) is 0 Å². The van der Waals surface area contributed by atoms with E-state index >= 15 is 0 Å². The van der Waals surface area contributed by atoms with Crippen LogP contribution in [0.25, 0.3) is 10.1 Å². The molecule has 0 bridgehead atoms. The van der Waals surface area contributed by atoms with Crippen molar-refractivity contribution in [1.82, 2.24) is 0 Å². The number of thiophene rings is 1. The van der Waals surface area contributed by atoms with Gasteiger partial charge in [-0.05, 0) is 37.4 Å². The van der Waals surface area contributed by atoms with Crippen LogP contribution in [0.5, 0.6) is 5.75 Å². The Morgan fingerprint density at radius 2 is 2.12 bits per heavy atom. The number of benzene rings is 1. The van der Waals surface area contributed by atoms with Crippen LogP contribution >= 0.6 is 11.3 Å². The van der Waals surface area contributed by atoms with E-state index in [1.807, 2.05) is 29.6 Å². The Balaban J connectivity index is 2.41. The monoisotopic (exact) mass is 235 g/mol. The van der Waals surface area contributed by atoms with Gasteiger partial charge in [0, 0.05) is 10.1 Å². The molecule has 0 saturated heterocycles. The lowest BCUT2D eigenvalue weighted by Gasteiger charge is -2.23. The molecule has 1 aromatic carbocycles. The molecule has 1 heterocycles. The standard InChI is InChI=1S/C12H13NO2S/c1-12(2,11(13)14)15-9-4-3-5-10-8(9)6-7-16-10/h3-7H,1-2H3,(H2,13,14). The number of amides is 1. The van der Waals surface area contributed by atoms with E-state index in [9.17, 15) is 4.79 Å². The van der Waals surface area contributed by atoms with Crippen molar-refractivity contribution in [2.45, 2.75) is 19.4 Å². The molecule has 0 aliphatic rings. The minimum Gasteiger partial charge on any atom is -0.477 e. The van der Waals surface area contributed by atoms with Crippen molar-refractivity contribution in [3.63, 3.8) is 0 Å². The van der Waals surface area contributed by atoms with Crippen LogP contribution in [0.15, 0.2) is 29.6 Å². The second kappa shape index (κ2) is 3.79. The average Bonchev–Trinajstić information content (AvgIpc) is 2.65. The van der Waals surface area contributed by atoms with Gasteiger partial charge in [-0.25, -0.2) is 0 Å². The van der Waals surface area contributed by atoms with Gasteiger partial charge in [0.25, 0.3) is 5.91 Å². The molecule has 2 aromatic rings. The quantitative estimate of drug-likeness (QED) is 0.888. The topological polar surface area (TPSA) is 52.3 Å². The third-order valence-corrected chi connectivity index (χ3v) is 3.30. The van der Waals surface area contributed by atoms with Crippen molar-refractivity contribution >= 4 is 27.3 Å². The molecule has 0 atom stereocenters. The smallest absolute Gasteiger partial charge is 0.261 e. The number of nitrogens with two attached hydrogens (primary N) is 1. The number of ether oxygens (including phenoxy) is 1. The minimum absolute atomic E-state index is 0.472. The summed E-state index contributed by atoms with van der Waals surface area (Å²) in [4.78, 5) is 11.2. The van der Waals surface area contributed by atoms with Gasteiger partial charge in [0.05, 0.1) is 0 Å². The predicted octanol–water partition coefficient (Wildman–Crippen LogP) is 2.54. The SMILES string of the molecule is CC(C)(Oc1cccc2sccc12)C(N)=O. The molecular formula is C12H13NO2S. The molecule has 0 fully saturated rings. The first-order valence-corrected chi connectivity index (χ1v) is 5.84. The number of carbonyl (C=O) groups is 1. The number of hydrogen-bond acceptors (Lipinski definition) is 3. The minimum atomic E-state index is -0.990. The Hall–Kier alpha value is -1.55. The molecule has 2 N–H and O–H groups in total. The lowest BCUT2D eigenvalue weighted by molar-refractivity contribution is -0.130. The van der Waals surface area contributed by atoms with Crippen molar-refractivity contribution < 1.29 is 9.53 Å². The van der Waals surface area contributed by atoms with Crippen LogP contribution in [0.3, 0.4) is 0 Å². The van der Waals surface area contributed by atoms with Gasteiger partial charge in [-0.15, -0.1) is 11.3 Å². The fourth-order valence-corrected chi connectivity index (χ4v) is 2.18. The number of primary amides is 1. The summed E-state index contributed by atoms with van der Waals surface area (Å²) in [5, 5.41) is 3.01. The van der Waals surface area contributed by atoms with Gasteiger partial charge in [-0.3, -0.25) is 4.79 Å². The molecule has 1 aromatic heterocycles.